The zero-order valence-electron chi connectivity index (χ0n) is 13.7. The number of nitrogens with one attached hydrogen (secondary N) is 1. The van der Waals surface area contributed by atoms with E-state index < -0.39 is 0 Å². The van der Waals surface area contributed by atoms with Crippen LogP contribution >= 0.6 is 0 Å². The molecule has 0 aliphatic rings. The monoisotopic (exact) mass is 285 g/mol. The summed E-state index contributed by atoms with van der Waals surface area (Å²) >= 11 is 0. The summed E-state index contributed by atoms with van der Waals surface area (Å²) in [6.45, 7) is 11.7. The summed E-state index contributed by atoms with van der Waals surface area (Å²) in [7, 11) is 0. The van der Waals surface area contributed by atoms with Crippen LogP contribution in [0.2, 0.25) is 0 Å². The van der Waals surface area contributed by atoms with Crippen LogP contribution in [0.3, 0.4) is 0 Å². The predicted molar refractivity (Wildman–Crippen MR) is 89.4 cm³/mol. The largest absolute Gasteiger partial charge is 0.313 e. The molecule has 0 radical (unpaired) electrons. The lowest BCUT2D eigenvalue weighted by molar-refractivity contribution is 0.587. The van der Waals surface area contributed by atoms with Crippen molar-refractivity contribution in [3.8, 4) is 11.1 Å². The third-order valence-electron chi connectivity index (χ3n) is 3.84. The van der Waals surface area contributed by atoms with Crippen LogP contribution in [0.15, 0.2) is 24.4 Å². The number of aryl methyl sites for hydroxylation is 2. The van der Waals surface area contributed by atoms with E-state index in [1.165, 1.54) is 27.9 Å². The number of aromatic nitrogens is 2. The lowest BCUT2D eigenvalue weighted by Gasteiger charge is -2.12. The van der Waals surface area contributed by atoms with Gasteiger partial charge in [-0.15, -0.1) is 0 Å². The van der Waals surface area contributed by atoms with E-state index in [-0.39, 0.29) is 0 Å². The molecule has 0 bridgehead atoms. The van der Waals surface area contributed by atoms with Crippen molar-refractivity contribution in [2.75, 3.05) is 6.54 Å². The fourth-order valence-electron chi connectivity index (χ4n) is 2.64. The molecule has 0 aliphatic heterocycles. The normalized spacial score (nSPS) is 11.0. The van der Waals surface area contributed by atoms with Crippen LogP contribution in [0.5, 0.6) is 0 Å². The molecule has 0 unspecified atom stereocenters. The fourth-order valence-corrected chi connectivity index (χ4v) is 2.64. The number of benzene rings is 1. The van der Waals surface area contributed by atoms with Crippen LogP contribution in [-0.2, 0) is 13.1 Å². The lowest BCUT2D eigenvalue weighted by Crippen LogP contribution is -2.14. The van der Waals surface area contributed by atoms with Crippen LogP contribution in [0.1, 0.15) is 43.5 Å². The van der Waals surface area contributed by atoms with Gasteiger partial charge in [0.2, 0.25) is 0 Å². The Morgan fingerprint density at radius 1 is 1.10 bits per heavy atom. The molecule has 1 heterocycles. The van der Waals surface area contributed by atoms with Gasteiger partial charge in [0.25, 0.3) is 0 Å². The summed E-state index contributed by atoms with van der Waals surface area (Å²) in [5, 5.41) is 8.05. The first-order valence-corrected chi connectivity index (χ1v) is 8.00. The van der Waals surface area contributed by atoms with Crippen LogP contribution in [-0.4, -0.2) is 16.3 Å². The average Bonchev–Trinajstić information content (AvgIpc) is 2.82. The molecule has 2 rings (SSSR count). The molecule has 114 valence electrons. The van der Waals surface area contributed by atoms with E-state index in [2.05, 4.69) is 61.0 Å². The van der Waals surface area contributed by atoms with Gasteiger partial charge < -0.3 is 5.32 Å². The highest BCUT2D eigenvalue weighted by atomic mass is 15.3. The third-order valence-corrected chi connectivity index (χ3v) is 3.84. The van der Waals surface area contributed by atoms with Crippen molar-refractivity contribution >= 4 is 0 Å². The second-order valence-corrected chi connectivity index (χ2v) is 5.70. The van der Waals surface area contributed by atoms with E-state index in [1.807, 2.05) is 6.20 Å². The Labute approximate surface area is 128 Å². The average molecular weight is 285 g/mol. The fraction of sp³-hybridized carbons (Fsp3) is 0.500. The van der Waals surface area contributed by atoms with E-state index in [1.54, 1.807) is 0 Å². The maximum atomic E-state index is 4.55. The van der Waals surface area contributed by atoms with Crippen molar-refractivity contribution in [2.45, 2.75) is 53.6 Å². The van der Waals surface area contributed by atoms with Crippen LogP contribution < -0.4 is 5.32 Å². The SMILES string of the molecule is CCCNCc1ccc(C)cc1-c1cnn(CCC)c1C. The zero-order chi connectivity index (χ0) is 15.2. The van der Waals surface area contributed by atoms with Gasteiger partial charge in [-0.1, -0.05) is 37.6 Å². The van der Waals surface area contributed by atoms with Gasteiger partial charge in [-0.05, 0) is 44.4 Å². The molecule has 3 heteroatoms. The highest BCUT2D eigenvalue weighted by Crippen LogP contribution is 2.28. The van der Waals surface area contributed by atoms with Crippen molar-refractivity contribution in [1.82, 2.24) is 15.1 Å². The van der Waals surface area contributed by atoms with Crippen LogP contribution in [0.4, 0.5) is 0 Å². The van der Waals surface area contributed by atoms with Gasteiger partial charge >= 0.3 is 0 Å². The summed E-state index contributed by atoms with van der Waals surface area (Å²) in [5.74, 6) is 0. The minimum Gasteiger partial charge on any atom is -0.313 e. The van der Waals surface area contributed by atoms with Crippen molar-refractivity contribution in [3.05, 3.63) is 41.2 Å². The molecule has 0 saturated carbocycles. The smallest absolute Gasteiger partial charge is 0.0571 e. The molecule has 0 aliphatic carbocycles. The first-order valence-electron chi connectivity index (χ1n) is 8.00. The van der Waals surface area contributed by atoms with E-state index >= 15 is 0 Å². The second-order valence-electron chi connectivity index (χ2n) is 5.70. The van der Waals surface area contributed by atoms with E-state index in [9.17, 15) is 0 Å². The molecule has 1 aromatic carbocycles. The van der Waals surface area contributed by atoms with Gasteiger partial charge in [0.1, 0.15) is 0 Å². The number of hydrogen-bond donors (Lipinski definition) is 1. The van der Waals surface area contributed by atoms with Gasteiger partial charge in [-0.3, -0.25) is 4.68 Å². The summed E-state index contributed by atoms with van der Waals surface area (Å²) < 4.78 is 2.11. The van der Waals surface area contributed by atoms with Crippen molar-refractivity contribution in [1.29, 1.82) is 0 Å². The molecule has 0 atom stereocenters. The van der Waals surface area contributed by atoms with Crippen molar-refractivity contribution < 1.29 is 0 Å². The molecule has 1 N–H and O–H groups in total. The van der Waals surface area contributed by atoms with E-state index in [0.717, 1.165) is 32.5 Å². The van der Waals surface area contributed by atoms with Gasteiger partial charge in [0.05, 0.1) is 6.20 Å². The van der Waals surface area contributed by atoms with Crippen molar-refractivity contribution in [2.24, 2.45) is 0 Å². The summed E-state index contributed by atoms with van der Waals surface area (Å²) in [4.78, 5) is 0. The van der Waals surface area contributed by atoms with Crippen LogP contribution in [0, 0.1) is 13.8 Å². The first-order chi connectivity index (χ1) is 10.2. The van der Waals surface area contributed by atoms with E-state index in [4.69, 9.17) is 0 Å². The Kier molecular flexibility index (Phi) is 5.57. The topological polar surface area (TPSA) is 29.9 Å². The first kappa shape index (κ1) is 15.8. The highest BCUT2D eigenvalue weighted by Gasteiger charge is 2.12. The van der Waals surface area contributed by atoms with Gasteiger partial charge in [0, 0.05) is 24.3 Å². The number of hydrogen-bond acceptors (Lipinski definition) is 2. The van der Waals surface area contributed by atoms with Crippen molar-refractivity contribution in [3.63, 3.8) is 0 Å². The maximum Gasteiger partial charge on any atom is 0.0571 e. The van der Waals surface area contributed by atoms with Crippen LogP contribution in [0.25, 0.3) is 11.1 Å². The molecule has 21 heavy (non-hydrogen) atoms. The Morgan fingerprint density at radius 3 is 2.62 bits per heavy atom. The summed E-state index contributed by atoms with van der Waals surface area (Å²) in [5.41, 5.74) is 6.50. The summed E-state index contributed by atoms with van der Waals surface area (Å²) in [6.07, 6.45) is 4.29. The Hall–Kier alpha value is -1.61. The molecule has 0 spiro atoms. The minimum atomic E-state index is 0.919. The van der Waals surface area contributed by atoms with E-state index in [0.29, 0.717) is 0 Å². The highest BCUT2D eigenvalue weighted by molar-refractivity contribution is 5.69. The van der Waals surface area contributed by atoms with Gasteiger partial charge in [0.15, 0.2) is 0 Å². The molecule has 2 aromatic rings. The Morgan fingerprint density at radius 2 is 1.90 bits per heavy atom. The number of nitrogens with zero attached hydrogens (tertiary/aromatic N) is 2. The summed E-state index contributed by atoms with van der Waals surface area (Å²) in [6, 6.07) is 6.71. The molecule has 0 fully saturated rings. The quantitative estimate of drug-likeness (QED) is 0.777. The molecule has 0 amide bonds. The Bertz CT molecular complexity index is 584. The third kappa shape index (κ3) is 3.73. The minimum absolute atomic E-state index is 0.919. The molecular formula is C18H27N3. The number of rotatable bonds is 7. The van der Waals surface area contributed by atoms with Gasteiger partial charge in [-0.2, -0.15) is 5.10 Å². The Balaban J connectivity index is 2.35. The van der Waals surface area contributed by atoms with Gasteiger partial charge in [-0.25, -0.2) is 0 Å². The maximum absolute atomic E-state index is 4.55. The standard InChI is InChI=1S/C18H27N3/c1-5-9-19-12-16-8-7-14(3)11-17(16)18-13-20-21(10-6-2)15(18)4/h7-8,11,13,19H,5-6,9-10,12H2,1-4H3. The molecule has 1 aromatic heterocycles. The molecular weight excluding hydrogens is 258 g/mol. The second kappa shape index (κ2) is 7.41. The lowest BCUT2D eigenvalue weighted by atomic mass is 9.98. The predicted octanol–water partition coefficient (Wildman–Crippen LogP) is 4.08. The molecule has 0 saturated heterocycles. The molecule has 3 nitrogen and oxygen atoms in total. The zero-order valence-corrected chi connectivity index (χ0v) is 13.7.